The largest absolute Gasteiger partial charge is 0.373 e. The normalized spacial score (nSPS) is 9.71. The molecule has 1 aromatic carbocycles. The van der Waals surface area contributed by atoms with Crippen LogP contribution in [0.4, 0.5) is 5.69 Å². The molecule has 0 unspecified atom stereocenters. The van der Waals surface area contributed by atoms with E-state index in [2.05, 4.69) is 6.58 Å². The van der Waals surface area contributed by atoms with E-state index >= 15 is 0 Å². The summed E-state index contributed by atoms with van der Waals surface area (Å²) in [6, 6.07) is 6.29. The molecule has 0 amide bonds. The number of nitro benzene ring substituents is 1. The number of hydrogen-bond acceptors (Lipinski definition) is 3. The van der Waals surface area contributed by atoms with Crippen LogP contribution in [-0.4, -0.2) is 11.5 Å². The van der Waals surface area contributed by atoms with Crippen molar-refractivity contribution < 1.29 is 9.66 Å². The van der Waals surface area contributed by atoms with E-state index in [1.54, 1.807) is 18.2 Å². The van der Waals surface area contributed by atoms with Crippen LogP contribution in [0.25, 0.3) is 0 Å². The Bertz CT molecular complexity index is 319. The fourth-order valence-electron chi connectivity index (χ4n) is 0.974. The maximum Gasteiger partial charge on any atom is 0.269 e. The standard InChI is InChI=1S/C10H11NO3/c1-2-7-14-8-9-3-5-10(6-4-9)11(12)13/h2-6H,1,7-8H2. The van der Waals surface area contributed by atoms with Crippen LogP contribution in [-0.2, 0) is 11.3 Å². The molecule has 0 aliphatic rings. The van der Waals surface area contributed by atoms with Gasteiger partial charge in [-0.3, -0.25) is 10.1 Å². The lowest BCUT2D eigenvalue weighted by atomic mass is 10.2. The van der Waals surface area contributed by atoms with Gasteiger partial charge >= 0.3 is 0 Å². The summed E-state index contributed by atoms with van der Waals surface area (Å²) >= 11 is 0. The van der Waals surface area contributed by atoms with E-state index in [9.17, 15) is 10.1 Å². The highest BCUT2D eigenvalue weighted by Gasteiger charge is 2.03. The monoisotopic (exact) mass is 193 g/mol. The smallest absolute Gasteiger partial charge is 0.269 e. The molecule has 0 fully saturated rings. The molecule has 0 bridgehead atoms. The summed E-state index contributed by atoms with van der Waals surface area (Å²) in [5.41, 5.74) is 1.01. The number of benzene rings is 1. The molecule has 1 aromatic rings. The summed E-state index contributed by atoms with van der Waals surface area (Å²) in [5.74, 6) is 0. The first-order valence-corrected chi connectivity index (χ1v) is 4.16. The van der Waals surface area contributed by atoms with Crippen LogP contribution in [0.1, 0.15) is 5.56 Å². The van der Waals surface area contributed by atoms with Gasteiger partial charge in [0, 0.05) is 12.1 Å². The molecule has 0 saturated carbocycles. The maximum absolute atomic E-state index is 10.3. The quantitative estimate of drug-likeness (QED) is 0.312. The molecule has 14 heavy (non-hydrogen) atoms. The van der Waals surface area contributed by atoms with Gasteiger partial charge in [0.25, 0.3) is 5.69 Å². The topological polar surface area (TPSA) is 52.4 Å². The zero-order valence-corrected chi connectivity index (χ0v) is 7.68. The zero-order valence-electron chi connectivity index (χ0n) is 7.68. The van der Waals surface area contributed by atoms with E-state index in [1.807, 2.05) is 0 Å². The van der Waals surface area contributed by atoms with Gasteiger partial charge in [-0.1, -0.05) is 6.08 Å². The maximum atomic E-state index is 10.3. The van der Waals surface area contributed by atoms with Gasteiger partial charge in [0.15, 0.2) is 0 Å². The highest BCUT2D eigenvalue weighted by Crippen LogP contribution is 2.12. The molecule has 0 spiro atoms. The third kappa shape index (κ3) is 2.99. The highest BCUT2D eigenvalue weighted by atomic mass is 16.6. The van der Waals surface area contributed by atoms with E-state index in [-0.39, 0.29) is 5.69 Å². The van der Waals surface area contributed by atoms with Gasteiger partial charge in [0.2, 0.25) is 0 Å². The molecule has 0 aliphatic carbocycles. The van der Waals surface area contributed by atoms with Crippen LogP contribution in [0, 0.1) is 10.1 Å². The first-order chi connectivity index (χ1) is 6.74. The molecule has 0 aromatic heterocycles. The Balaban J connectivity index is 2.55. The molecular formula is C10H11NO3. The molecule has 0 atom stereocenters. The second kappa shape index (κ2) is 5.14. The van der Waals surface area contributed by atoms with Crippen LogP contribution in [0.3, 0.4) is 0 Å². The SMILES string of the molecule is C=CCOCc1ccc([N+](=O)[O-])cc1. The van der Waals surface area contributed by atoms with E-state index in [1.165, 1.54) is 12.1 Å². The summed E-state index contributed by atoms with van der Waals surface area (Å²) in [7, 11) is 0. The van der Waals surface area contributed by atoms with Crippen molar-refractivity contribution in [2.24, 2.45) is 0 Å². The van der Waals surface area contributed by atoms with Gasteiger partial charge in [0.1, 0.15) is 0 Å². The van der Waals surface area contributed by atoms with E-state index in [4.69, 9.17) is 4.74 Å². The van der Waals surface area contributed by atoms with Crippen molar-refractivity contribution in [2.75, 3.05) is 6.61 Å². The summed E-state index contributed by atoms with van der Waals surface area (Å²) in [6.07, 6.45) is 1.66. The fourth-order valence-corrected chi connectivity index (χ4v) is 0.974. The lowest BCUT2D eigenvalue weighted by Crippen LogP contribution is -1.93. The molecular weight excluding hydrogens is 182 g/mol. The predicted molar refractivity (Wildman–Crippen MR) is 52.9 cm³/mol. The van der Waals surface area contributed by atoms with Crippen molar-refractivity contribution in [2.45, 2.75) is 6.61 Å². The Morgan fingerprint density at radius 1 is 1.43 bits per heavy atom. The highest BCUT2D eigenvalue weighted by molar-refractivity contribution is 5.32. The molecule has 0 saturated heterocycles. The van der Waals surface area contributed by atoms with Gasteiger partial charge < -0.3 is 4.74 Å². The van der Waals surface area contributed by atoms with Gasteiger partial charge in [0.05, 0.1) is 18.1 Å². The van der Waals surface area contributed by atoms with Crippen molar-refractivity contribution >= 4 is 5.69 Å². The number of non-ortho nitro benzene ring substituents is 1. The lowest BCUT2D eigenvalue weighted by Gasteiger charge is -2.00. The number of ether oxygens (including phenoxy) is 1. The van der Waals surface area contributed by atoms with Crippen molar-refractivity contribution in [3.63, 3.8) is 0 Å². The molecule has 0 radical (unpaired) electrons. The second-order valence-electron chi connectivity index (χ2n) is 2.73. The first kappa shape index (κ1) is 10.4. The summed E-state index contributed by atoms with van der Waals surface area (Å²) in [4.78, 5) is 9.91. The van der Waals surface area contributed by atoms with Gasteiger partial charge in [-0.05, 0) is 17.7 Å². The number of nitrogens with zero attached hydrogens (tertiary/aromatic N) is 1. The molecule has 4 heteroatoms. The minimum absolute atomic E-state index is 0.0949. The fraction of sp³-hybridized carbons (Fsp3) is 0.200. The Hall–Kier alpha value is -1.68. The molecule has 4 nitrogen and oxygen atoms in total. The van der Waals surface area contributed by atoms with Crippen LogP contribution in [0.2, 0.25) is 0 Å². The van der Waals surface area contributed by atoms with Crippen molar-refractivity contribution in [1.82, 2.24) is 0 Å². The molecule has 1 rings (SSSR count). The van der Waals surface area contributed by atoms with E-state index < -0.39 is 4.92 Å². The van der Waals surface area contributed by atoms with Crippen molar-refractivity contribution in [1.29, 1.82) is 0 Å². The van der Waals surface area contributed by atoms with Crippen LogP contribution in [0.5, 0.6) is 0 Å². The Morgan fingerprint density at radius 2 is 2.07 bits per heavy atom. The summed E-state index contributed by atoms with van der Waals surface area (Å²) in [5, 5.41) is 10.3. The average molecular weight is 193 g/mol. The average Bonchev–Trinajstić information content (AvgIpc) is 2.19. The molecule has 0 heterocycles. The van der Waals surface area contributed by atoms with E-state index in [0.717, 1.165) is 5.56 Å². The molecule has 0 aliphatic heterocycles. The van der Waals surface area contributed by atoms with Gasteiger partial charge in [-0.25, -0.2) is 0 Å². The second-order valence-corrected chi connectivity index (χ2v) is 2.73. The third-order valence-corrected chi connectivity index (χ3v) is 1.65. The van der Waals surface area contributed by atoms with Crippen LogP contribution < -0.4 is 0 Å². The Morgan fingerprint density at radius 3 is 2.57 bits per heavy atom. The molecule has 0 N–H and O–H groups in total. The zero-order chi connectivity index (χ0) is 10.4. The Kier molecular flexibility index (Phi) is 3.82. The summed E-state index contributed by atoms with van der Waals surface area (Å²) in [6.45, 7) is 4.45. The van der Waals surface area contributed by atoms with Gasteiger partial charge in [-0.2, -0.15) is 0 Å². The minimum Gasteiger partial charge on any atom is -0.373 e. The molecule has 74 valence electrons. The van der Waals surface area contributed by atoms with Crippen molar-refractivity contribution in [3.05, 3.63) is 52.6 Å². The summed E-state index contributed by atoms with van der Waals surface area (Å²) < 4.78 is 5.18. The number of hydrogen-bond donors (Lipinski definition) is 0. The van der Waals surface area contributed by atoms with Crippen molar-refractivity contribution in [3.8, 4) is 0 Å². The number of nitro groups is 1. The van der Waals surface area contributed by atoms with Crippen LogP contribution in [0.15, 0.2) is 36.9 Å². The van der Waals surface area contributed by atoms with Gasteiger partial charge in [-0.15, -0.1) is 6.58 Å². The third-order valence-electron chi connectivity index (χ3n) is 1.65. The number of rotatable bonds is 5. The lowest BCUT2D eigenvalue weighted by molar-refractivity contribution is -0.384. The predicted octanol–water partition coefficient (Wildman–Crippen LogP) is 2.30. The van der Waals surface area contributed by atoms with Crippen LogP contribution >= 0.6 is 0 Å². The Labute approximate surface area is 82.0 Å². The minimum atomic E-state index is -0.422. The first-order valence-electron chi connectivity index (χ1n) is 4.16. The van der Waals surface area contributed by atoms with E-state index in [0.29, 0.717) is 13.2 Å².